The van der Waals surface area contributed by atoms with Crippen molar-refractivity contribution < 1.29 is 14.5 Å². The molecule has 3 aromatic rings. The average Bonchev–Trinajstić information content (AvgIpc) is 2.69. The number of nitrogens with zero attached hydrogens (tertiary/aromatic N) is 1. The number of anilines is 1. The number of ether oxygens (including phenoxy) is 1. The largest absolute Gasteiger partial charge is 0.484 e. The molecule has 6 nitrogen and oxygen atoms in total. The van der Waals surface area contributed by atoms with Gasteiger partial charge in [0.05, 0.1) is 4.92 Å². The monoisotopic (exact) mass is 362 g/mol. The van der Waals surface area contributed by atoms with Crippen LogP contribution in [0.3, 0.4) is 0 Å². The van der Waals surface area contributed by atoms with Gasteiger partial charge in [-0.25, -0.2) is 0 Å². The zero-order valence-corrected chi connectivity index (χ0v) is 14.7. The van der Waals surface area contributed by atoms with Gasteiger partial charge >= 0.3 is 0 Å². The van der Waals surface area contributed by atoms with Gasteiger partial charge in [0.1, 0.15) is 11.4 Å². The Bertz CT molecular complexity index is 954. The maximum atomic E-state index is 12.1. The molecule has 0 saturated carbocycles. The molecule has 27 heavy (non-hydrogen) atoms. The van der Waals surface area contributed by atoms with Gasteiger partial charge < -0.3 is 10.1 Å². The summed E-state index contributed by atoms with van der Waals surface area (Å²) in [6, 6.07) is 21.9. The molecule has 3 aromatic carbocycles. The van der Waals surface area contributed by atoms with Crippen LogP contribution in [0.5, 0.6) is 5.75 Å². The first kappa shape index (κ1) is 18.1. The third-order valence-corrected chi connectivity index (χ3v) is 3.96. The molecule has 136 valence electrons. The second-order valence-electron chi connectivity index (χ2n) is 6.00. The molecule has 0 aliphatic carbocycles. The number of amides is 1. The lowest BCUT2D eigenvalue weighted by molar-refractivity contribution is -0.384. The van der Waals surface area contributed by atoms with E-state index < -0.39 is 10.8 Å². The molecule has 0 fully saturated rings. The molecule has 0 atom stereocenters. The summed E-state index contributed by atoms with van der Waals surface area (Å²) in [7, 11) is 0. The van der Waals surface area contributed by atoms with Gasteiger partial charge in [0.2, 0.25) is 0 Å². The lowest BCUT2D eigenvalue weighted by Gasteiger charge is -2.09. The summed E-state index contributed by atoms with van der Waals surface area (Å²) in [5, 5.41) is 13.6. The van der Waals surface area contributed by atoms with E-state index in [1.807, 2.05) is 42.5 Å². The Morgan fingerprint density at radius 2 is 1.67 bits per heavy atom. The van der Waals surface area contributed by atoms with Gasteiger partial charge in [-0.3, -0.25) is 14.9 Å². The summed E-state index contributed by atoms with van der Waals surface area (Å²) in [5.41, 5.74) is 2.89. The topological polar surface area (TPSA) is 81.5 Å². The highest BCUT2D eigenvalue weighted by atomic mass is 16.6. The minimum Gasteiger partial charge on any atom is -0.484 e. The van der Waals surface area contributed by atoms with E-state index in [2.05, 4.69) is 5.32 Å². The fourth-order valence-corrected chi connectivity index (χ4v) is 2.61. The number of nitrogens with one attached hydrogen (secondary N) is 1. The van der Waals surface area contributed by atoms with E-state index in [0.29, 0.717) is 5.75 Å². The Kier molecular flexibility index (Phi) is 5.47. The highest BCUT2D eigenvalue weighted by Gasteiger charge is 2.16. The van der Waals surface area contributed by atoms with Crippen LogP contribution in [0, 0.1) is 17.0 Å². The number of carbonyl (C=O) groups excluding carboxylic acids is 1. The second-order valence-corrected chi connectivity index (χ2v) is 6.00. The number of rotatable bonds is 6. The lowest BCUT2D eigenvalue weighted by Crippen LogP contribution is -2.20. The van der Waals surface area contributed by atoms with E-state index in [1.165, 1.54) is 12.1 Å². The van der Waals surface area contributed by atoms with Gasteiger partial charge in [-0.05, 0) is 41.8 Å². The summed E-state index contributed by atoms with van der Waals surface area (Å²) in [6.45, 7) is 1.51. The predicted molar refractivity (Wildman–Crippen MR) is 104 cm³/mol. The third-order valence-electron chi connectivity index (χ3n) is 3.96. The Balaban J connectivity index is 1.61. The van der Waals surface area contributed by atoms with Crippen molar-refractivity contribution >= 4 is 17.3 Å². The molecule has 0 saturated heterocycles. The van der Waals surface area contributed by atoms with Crippen LogP contribution in [0.25, 0.3) is 11.1 Å². The number of nitro benzene ring substituents is 1. The van der Waals surface area contributed by atoms with E-state index in [0.717, 1.165) is 16.7 Å². The van der Waals surface area contributed by atoms with E-state index in [4.69, 9.17) is 4.74 Å². The molecule has 1 amide bonds. The van der Waals surface area contributed by atoms with Crippen LogP contribution in [0.2, 0.25) is 0 Å². The van der Waals surface area contributed by atoms with Crippen molar-refractivity contribution in [1.82, 2.24) is 0 Å². The Hall–Kier alpha value is -3.67. The highest BCUT2D eigenvalue weighted by Crippen LogP contribution is 2.25. The number of benzene rings is 3. The van der Waals surface area contributed by atoms with Gasteiger partial charge in [-0.15, -0.1) is 0 Å². The van der Waals surface area contributed by atoms with Crippen molar-refractivity contribution in [3.05, 3.63) is 88.5 Å². The minimum absolute atomic E-state index is 0.143. The molecule has 0 aliphatic rings. The maximum Gasteiger partial charge on any atom is 0.293 e. The smallest absolute Gasteiger partial charge is 0.293 e. The van der Waals surface area contributed by atoms with Crippen molar-refractivity contribution in [1.29, 1.82) is 0 Å². The van der Waals surface area contributed by atoms with Crippen LogP contribution in [-0.2, 0) is 4.79 Å². The van der Waals surface area contributed by atoms with E-state index in [9.17, 15) is 14.9 Å². The number of nitro groups is 1. The van der Waals surface area contributed by atoms with Crippen molar-refractivity contribution in [2.75, 3.05) is 11.9 Å². The van der Waals surface area contributed by atoms with Gasteiger partial charge in [0.15, 0.2) is 6.61 Å². The molecule has 0 aromatic heterocycles. The molecule has 3 rings (SSSR count). The number of carbonyl (C=O) groups is 1. The summed E-state index contributed by atoms with van der Waals surface area (Å²) in [5.74, 6) is 0.0809. The Labute approximate surface area is 156 Å². The fourth-order valence-electron chi connectivity index (χ4n) is 2.61. The summed E-state index contributed by atoms with van der Waals surface area (Å²) < 4.78 is 5.47. The van der Waals surface area contributed by atoms with E-state index in [-0.39, 0.29) is 18.0 Å². The molecule has 0 bridgehead atoms. The molecule has 0 radical (unpaired) electrons. The molecule has 0 heterocycles. The van der Waals surface area contributed by atoms with Crippen LogP contribution >= 0.6 is 0 Å². The number of aryl methyl sites for hydroxylation is 1. The van der Waals surface area contributed by atoms with Crippen molar-refractivity contribution in [3.63, 3.8) is 0 Å². The standard InChI is InChI=1S/C21H18N2O4/c1-15-7-12-19(20(13-15)23(25)26)22-21(24)14-27-18-10-8-17(9-11-18)16-5-3-2-4-6-16/h2-13H,14H2,1H3,(H,22,24). The first-order chi connectivity index (χ1) is 13.0. The van der Waals surface area contributed by atoms with Crippen LogP contribution in [0.15, 0.2) is 72.8 Å². The maximum absolute atomic E-state index is 12.1. The van der Waals surface area contributed by atoms with Gasteiger partial charge in [-0.2, -0.15) is 0 Å². The van der Waals surface area contributed by atoms with Crippen molar-refractivity contribution in [2.45, 2.75) is 6.92 Å². The van der Waals surface area contributed by atoms with E-state index >= 15 is 0 Å². The lowest BCUT2D eigenvalue weighted by atomic mass is 10.1. The number of hydrogen-bond donors (Lipinski definition) is 1. The van der Waals surface area contributed by atoms with E-state index in [1.54, 1.807) is 25.1 Å². The highest BCUT2D eigenvalue weighted by molar-refractivity contribution is 5.94. The molecule has 6 heteroatoms. The molecule has 1 N–H and O–H groups in total. The Morgan fingerprint density at radius 3 is 2.33 bits per heavy atom. The van der Waals surface area contributed by atoms with Gasteiger partial charge in [0.25, 0.3) is 11.6 Å². The average molecular weight is 362 g/mol. The van der Waals surface area contributed by atoms with Crippen molar-refractivity contribution in [3.8, 4) is 16.9 Å². The molecular weight excluding hydrogens is 344 g/mol. The van der Waals surface area contributed by atoms with Crippen LogP contribution in [-0.4, -0.2) is 17.4 Å². The van der Waals surface area contributed by atoms with Gasteiger partial charge in [-0.1, -0.05) is 48.5 Å². The normalized spacial score (nSPS) is 10.3. The van der Waals surface area contributed by atoms with Crippen LogP contribution < -0.4 is 10.1 Å². The first-order valence-corrected chi connectivity index (χ1v) is 8.36. The molecular formula is C21H18N2O4. The minimum atomic E-state index is -0.522. The van der Waals surface area contributed by atoms with Crippen LogP contribution in [0.4, 0.5) is 11.4 Å². The van der Waals surface area contributed by atoms with Gasteiger partial charge in [0, 0.05) is 6.07 Å². The predicted octanol–water partition coefficient (Wildman–Crippen LogP) is 4.59. The van der Waals surface area contributed by atoms with Crippen molar-refractivity contribution in [2.24, 2.45) is 0 Å². The molecule has 0 unspecified atom stereocenters. The zero-order valence-electron chi connectivity index (χ0n) is 14.7. The molecule has 0 spiro atoms. The number of hydrogen-bond acceptors (Lipinski definition) is 4. The quantitative estimate of drug-likeness (QED) is 0.514. The summed E-state index contributed by atoms with van der Waals surface area (Å²) >= 11 is 0. The zero-order chi connectivity index (χ0) is 19.2. The molecule has 0 aliphatic heterocycles. The fraction of sp³-hybridized carbons (Fsp3) is 0.0952. The Morgan fingerprint density at radius 1 is 1.00 bits per heavy atom. The summed E-state index contributed by atoms with van der Waals surface area (Å²) in [4.78, 5) is 22.7. The van der Waals surface area contributed by atoms with Crippen LogP contribution in [0.1, 0.15) is 5.56 Å². The SMILES string of the molecule is Cc1ccc(NC(=O)COc2ccc(-c3ccccc3)cc2)c([N+](=O)[O-])c1. The third kappa shape index (κ3) is 4.70. The second kappa shape index (κ2) is 8.14. The first-order valence-electron chi connectivity index (χ1n) is 8.36. The summed E-state index contributed by atoms with van der Waals surface area (Å²) in [6.07, 6.45) is 0.